The summed E-state index contributed by atoms with van der Waals surface area (Å²) in [6.07, 6.45) is 19.6. The summed E-state index contributed by atoms with van der Waals surface area (Å²) in [6.45, 7) is 4.23. The maximum Gasteiger partial charge on any atom is 0.472 e. The van der Waals surface area contributed by atoms with Crippen molar-refractivity contribution in [2.24, 2.45) is 17.8 Å². The minimum absolute atomic E-state index is 0.00542. The van der Waals surface area contributed by atoms with Crippen LogP contribution in [0.1, 0.15) is 149 Å². The quantitative estimate of drug-likeness (QED) is 0.0192. The van der Waals surface area contributed by atoms with E-state index in [9.17, 15) is 39.2 Å². The Labute approximate surface area is 329 Å². The van der Waals surface area contributed by atoms with Crippen molar-refractivity contribution in [3.63, 3.8) is 0 Å². The van der Waals surface area contributed by atoms with Crippen LogP contribution in [-0.2, 0) is 37.5 Å². The molecule has 55 heavy (non-hydrogen) atoms. The van der Waals surface area contributed by atoms with Crippen LogP contribution >= 0.6 is 7.82 Å². The lowest BCUT2D eigenvalue weighted by molar-refractivity contribution is -0.161. The highest BCUT2D eigenvalue weighted by Crippen LogP contribution is 2.43. The van der Waals surface area contributed by atoms with Gasteiger partial charge >= 0.3 is 19.8 Å². The maximum absolute atomic E-state index is 12.7. The first-order valence-electron chi connectivity index (χ1n) is 20.8. The minimum atomic E-state index is -4.69. The molecule has 1 saturated carbocycles. The third-order valence-corrected chi connectivity index (χ3v) is 10.6. The molecule has 5 N–H and O–H groups in total. The lowest BCUT2D eigenvalue weighted by Crippen LogP contribution is -2.29. The molecule has 14 heteroatoms. The number of unbranched alkanes of at least 4 members (excludes halogenated alkanes) is 11. The van der Waals surface area contributed by atoms with E-state index in [1.807, 2.05) is 12.2 Å². The van der Waals surface area contributed by atoms with Crippen molar-refractivity contribution in [3.8, 4) is 0 Å². The number of hydrogen-bond donors (Lipinski definition) is 5. The molecular formula is C41H73O13P. The molecule has 0 radical (unpaired) electrons. The molecule has 1 rings (SSSR count). The van der Waals surface area contributed by atoms with E-state index in [4.69, 9.17) is 19.1 Å². The maximum atomic E-state index is 12.7. The summed E-state index contributed by atoms with van der Waals surface area (Å²) in [5.74, 6) is -1.18. The molecule has 0 aliphatic heterocycles. The molecule has 0 bridgehead atoms. The van der Waals surface area contributed by atoms with Gasteiger partial charge in [0, 0.05) is 31.1 Å². The summed E-state index contributed by atoms with van der Waals surface area (Å²) >= 11 is 0. The average molecular weight is 805 g/mol. The van der Waals surface area contributed by atoms with Gasteiger partial charge in [0.15, 0.2) is 6.10 Å². The van der Waals surface area contributed by atoms with E-state index in [2.05, 4.69) is 25.3 Å². The van der Waals surface area contributed by atoms with Crippen LogP contribution in [0.2, 0.25) is 0 Å². The van der Waals surface area contributed by atoms with Crippen LogP contribution in [0.5, 0.6) is 0 Å². The molecule has 0 aromatic carbocycles. The Morgan fingerprint density at radius 3 is 2.11 bits per heavy atom. The lowest BCUT2D eigenvalue weighted by Gasteiger charge is -2.20. The van der Waals surface area contributed by atoms with Crippen molar-refractivity contribution in [1.82, 2.24) is 0 Å². The Hall–Kier alpha value is -1.96. The second-order valence-electron chi connectivity index (χ2n) is 15.3. The summed E-state index contributed by atoms with van der Waals surface area (Å²) in [5, 5.41) is 39.0. The molecular weight excluding hydrogens is 731 g/mol. The summed E-state index contributed by atoms with van der Waals surface area (Å²) in [6, 6.07) is 0. The van der Waals surface area contributed by atoms with Crippen molar-refractivity contribution in [3.05, 3.63) is 24.3 Å². The van der Waals surface area contributed by atoms with Gasteiger partial charge in [0.25, 0.3) is 0 Å². The number of carbonyl (C=O) groups is 3. The molecule has 0 saturated heterocycles. The van der Waals surface area contributed by atoms with Gasteiger partial charge in [-0.2, -0.15) is 0 Å². The lowest BCUT2D eigenvalue weighted by atomic mass is 9.90. The van der Waals surface area contributed by atoms with Gasteiger partial charge in [-0.1, -0.05) is 122 Å². The Morgan fingerprint density at radius 2 is 1.45 bits per heavy atom. The highest BCUT2D eigenvalue weighted by Gasteiger charge is 2.39. The van der Waals surface area contributed by atoms with Crippen LogP contribution in [-0.4, -0.2) is 93.9 Å². The number of aliphatic hydroxyl groups excluding tert-OH is 4. The zero-order chi connectivity index (χ0) is 40.9. The van der Waals surface area contributed by atoms with Gasteiger partial charge in [-0.05, 0) is 38.0 Å². The van der Waals surface area contributed by atoms with Crippen LogP contribution in [0.25, 0.3) is 0 Å². The predicted molar refractivity (Wildman–Crippen MR) is 211 cm³/mol. The number of rotatable bonds is 34. The van der Waals surface area contributed by atoms with E-state index >= 15 is 0 Å². The van der Waals surface area contributed by atoms with Gasteiger partial charge in [0.1, 0.15) is 18.5 Å². The second kappa shape index (κ2) is 31.1. The fourth-order valence-electron chi connectivity index (χ4n) is 6.33. The van der Waals surface area contributed by atoms with E-state index in [0.29, 0.717) is 32.1 Å². The van der Waals surface area contributed by atoms with E-state index < -0.39 is 76.5 Å². The Kier molecular flexibility index (Phi) is 28.9. The number of aliphatic hydroxyl groups is 4. The van der Waals surface area contributed by atoms with Crippen LogP contribution in [0.3, 0.4) is 0 Å². The van der Waals surface area contributed by atoms with E-state index in [1.54, 1.807) is 12.2 Å². The Bertz CT molecular complexity index is 1140. The number of ether oxygens (including phenoxy) is 2. The normalized spacial score (nSPS) is 20.3. The summed E-state index contributed by atoms with van der Waals surface area (Å²) < 4.78 is 32.6. The third-order valence-electron chi connectivity index (χ3n) is 9.66. The zero-order valence-electron chi connectivity index (χ0n) is 33.8. The highest BCUT2D eigenvalue weighted by molar-refractivity contribution is 7.47. The molecule has 0 amide bonds. The molecule has 320 valence electrons. The number of phosphoric ester groups is 1. The number of allylic oxidation sites excluding steroid dienone is 3. The first-order chi connectivity index (χ1) is 26.3. The van der Waals surface area contributed by atoms with E-state index in [1.165, 1.54) is 38.5 Å². The molecule has 1 aliphatic rings. The van der Waals surface area contributed by atoms with Gasteiger partial charge in [0.2, 0.25) is 0 Å². The summed E-state index contributed by atoms with van der Waals surface area (Å²) in [4.78, 5) is 47.6. The molecule has 0 spiro atoms. The number of ketones is 1. The predicted octanol–water partition coefficient (Wildman–Crippen LogP) is 7.06. The first kappa shape index (κ1) is 51.1. The number of esters is 2. The van der Waals surface area contributed by atoms with Gasteiger partial charge < -0.3 is 34.8 Å². The van der Waals surface area contributed by atoms with Crippen molar-refractivity contribution < 1.29 is 62.8 Å². The largest absolute Gasteiger partial charge is 0.472 e. The second-order valence-corrected chi connectivity index (χ2v) is 16.7. The number of phosphoric acid groups is 1. The van der Waals surface area contributed by atoms with Crippen LogP contribution in [0.15, 0.2) is 24.3 Å². The van der Waals surface area contributed by atoms with Crippen molar-refractivity contribution in [1.29, 1.82) is 0 Å². The van der Waals surface area contributed by atoms with Crippen molar-refractivity contribution >= 4 is 25.5 Å². The molecule has 1 unspecified atom stereocenters. The monoisotopic (exact) mass is 804 g/mol. The summed E-state index contributed by atoms with van der Waals surface area (Å²) in [7, 11) is -4.69. The Balaban J connectivity index is 2.53. The molecule has 1 fully saturated rings. The number of hydrogen-bond acceptors (Lipinski definition) is 12. The number of carbonyl (C=O) groups excluding carboxylic acids is 3. The smallest absolute Gasteiger partial charge is 0.462 e. The average Bonchev–Trinajstić information content (AvgIpc) is 3.41. The van der Waals surface area contributed by atoms with E-state index in [0.717, 1.165) is 44.4 Å². The van der Waals surface area contributed by atoms with Gasteiger partial charge in [-0.15, -0.1) is 0 Å². The molecule has 0 aromatic heterocycles. The molecule has 1 aliphatic carbocycles. The highest BCUT2D eigenvalue weighted by atomic mass is 31.2. The molecule has 0 aromatic rings. The Morgan fingerprint density at radius 1 is 0.836 bits per heavy atom. The van der Waals surface area contributed by atoms with Gasteiger partial charge in [-0.25, -0.2) is 4.57 Å². The number of Topliss-reactive ketones (excluding diaryl/α,β-unsaturated/α-hetero) is 1. The third kappa shape index (κ3) is 26.6. The topological polar surface area (TPSA) is 206 Å². The van der Waals surface area contributed by atoms with Crippen LogP contribution < -0.4 is 0 Å². The standard InChI is InChI=1S/C41H73O13P/c1-4-5-15-21-33(43)25-26-37-36(38(45)27-39(37)46)22-17-13-14-19-24-41(48)54-35(31-53-55(49,50)52-29-34(44)28-42)30-51-40(47)23-18-12-10-8-6-7-9-11-16-20-32(2)3/h13,17,25-26,32-38,42-45H,4-12,14-16,18-24,27-31H2,1-3H3,(H,49,50)/b17-13-,26-25+/t33-,34-,35+,36+,37+,38-/m0/s1. The van der Waals surface area contributed by atoms with Crippen LogP contribution in [0, 0.1) is 17.8 Å². The minimum Gasteiger partial charge on any atom is -0.462 e. The SMILES string of the molecule is CCCCC[C@H](O)/C=C/[C@H]1C(=O)C[C@H](O)[C@@H]1C/C=C\CCCC(=O)O[C@H](COC(=O)CCCCCCCCCCCC(C)C)COP(=O)(O)OC[C@@H](O)CO. The molecule has 7 atom stereocenters. The zero-order valence-corrected chi connectivity index (χ0v) is 34.7. The van der Waals surface area contributed by atoms with Crippen molar-refractivity contribution in [2.45, 2.75) is 174 Å². The summed E-state index contributed by atoms with van der Waals surface area (Å²) in [5.41, 5.74) is 0. The van der Waals surface area contributed by atoms with Gasteiger partial charge in [0.05, 0.1) is 32.0 Å². The molecule has 0 heterocycles. The fourth-order valence-corrected chi connectivity index (χ4v) is 7.12. The van der Waals surface area contributed by atoms with Gasteiger partial charge in [-0.3, -0.25) is 23.4 Å². The molecule has 13 nitrogen and oxygen atoms in total. The van der Waals surface area contributed by atoms with E-state index in [-0.39, 0.29) is 31.0 Å². The first-order valence-corrected chi connectivity index (χ1v) is 22.2. The fraction of sp³-hybridized carbons (Fsp3) is 0.829. The van der Waals surface area contributed by atoms with Crippen LogP contribution in [0.4, 0.5) is 0 Å². The van der Waals surface area contributed by atoms with Crippen molar-refractivity contribution in [2.75, 3.05) is 26.4 Å².